The van der Waals surface area contributed by atoms with Gasteiger partial charge in [-0.3, -0.25) is 0 Å². The molecular weight excluding hydrogens is 312 g/mol. The van der Waals surface area contributed by atoms with Crippen LogP contribution < -0.4 is 0 Å². The second kappa shape index (κ2) is 6.43. The van der Waals surface area contributed by atoms with Crippen LogP contribution in [0.1, 0.15) is 25.7 Å². The monoisotopic (exact) mass is 334 g/mol. The molecule has 0 saturated heterocycles. The molecule has 0 radical (unpaired) electrons. The summed E-state index contributed by atoms with van der Waals surface area (Å²) in [4.78, 5) is 0.326. The molecule has 4 nitrogen and oxygen atoms in total. The van der Waals surface area contributed by atoms with E-state index in [0.717, 1.165) is 0 Å². The van der Waals surface area contributed by atoms with Crippen LogP contribution in [0, 0.1) is 0 Å². The lowest BCUT2D eigenvalue weighted by atomic mass is 9.92. The fourth-order valence-electron chi connectivity index (χ4n) is 2.64. The van der Waals surface area contributed by atoms with E-state index in [4.69, 9.17) is 0 Å². The maximum Gasteiger partial charge on any atom is 0.205 e. The maximum absolute atomic E-state index is 12.6. The summed E-state index contributed by atoms with van der Waals surface area (Å²) >= 11 is 0. The van der Waals surface area contributed by atoms with E-state index in [1.54, 1.807) is 12.2 Å². The summed E-state index contributed by atoms with van der Waals surface area (Å²) in [6, 6.07) is 0. The smallest absolute Gasteiger partial charge is 0.205 e. The van der Waals surface area contributed by atoms with Gasteiger partial charge in [0.1, 0.15) is 0 Å². The second-order valence-electron chi connectivity index (χ2n) is 5.98. The van der Waals surface area contributed by atoms with Gasteiger partial charge in [-0.1, -0.05) is 36.5 Å². The minimum Gasteiger partial charge on any atom is -0.385 e. The first-order valence-corrected chi connectivity index (χ1v) is 8.93. The normalized spacial score (nSPS) is 30.5. The Hall–Kier alpha value is -1.69. The SMILES string of the molecule is C=CCC1(O)C=CC(S(=O)(=O)C2=CCC(O)(CC=C)C=C2)=CC1. The molecule has 2 unspecified atom stereocenters. The van der Waals surface area contributed by atoms with Crippen molar-refractivity contribution in [2.24, 2.45) is 0 Å². The molecule has 0 aromatic carbocycles. The largest absolute Gasteiger partial charge is 0.385 e. The molecule has 2 N–H and O–H groups in total. The molecule has 2 atom stereocenters. The summed E-state index contributed by atoms with van der Waals surface area (Å²) in [7, 11) is -3.64. The number of hydrogen-bond donors (Lipinski definition) is 2. The number of hydrogen-bond acceptors (Lipinski definition) is 4. The summed E-state index contributed by atoms with van der Waals surface area (Å²) in [5.74, 6) is 0. The van der Waals surface area contributed by atoms with Gasteiger partial charge in [-0.25, -0.2) is 8.42 Å². The first-order chi connectivity index (χ1) is 10.7. The molecule has 124 valence electrons. The zero-order valence-electron chi connectivity index (χ0n) is 13.0. The zero-order chi connectivity index (χ0) is 17.1. The number of allylic oxidation sites excluding steroid dienone is 2. The molecule has 0 aromatic rings. The van der Waals surface area contributed by atoms with Crippen molar-refractivity contribution in [3.63, 3.8) is 0 Å². The third-order valence-electron chi connectivity index (χ3n) is 4.05. The molecule has 5 heteroatoms. The summed E-state index contributed by atoms with van der Waals surface area (Å²) in [6.07, 6.45) is 13.3. The van der Waals surface area contributed by atoms with Crippen molar-refractivity contribution in [3.05, 3.63) is 71.6 Å². The number of aliphatic hydroxyl groups is 2. The Kier molecular flexibility index (Phi) is 4.94. The molecule has 2 aliphatic rings. The standard InChI is InChI=1S/C18H22O4S/c1-3-9-17(19)11-5-15(6-12-17)23(21,22)16-7-13-18(20,10-4-2)14-8-16/h3-8,11,13,19-20H,1-2,9-10,12,14H2. The van der Waals surface area contributed by atoms with Crippen LogP contribution in [0.3, 0.4) is 0 Å². The van der Waals surface area contributed by atoms with Crippen LogP contribution >= 0.6 is 0 Å². The van der Waals surface area contributed by atoms with E-state index >= 15 is 0 Å². The van der Waals surface area contributed by atoms with Crippen molar-refractivity contribution >= 4 is 9.84 Å². The molecule has 0 aliphatic heterocycles. The summed E-state index contributed by atoms with van der Waals surface area (Å²) in [5.41, 5.74) is -2.14. The van der Waals surface area contributed by atoms with Crippen LogP contribution in [0.2, 0.25) is 0 Å². The van der Waals surface area contributed by atoms with E-state index in [0.29, 0.717) is 12.8 Å². The summed E-state index contributed by atoms with van der Waals surface area (Å²) in [5, 5.41) is 20.4. The molecule has 23 heavy (non-hydrogen) atoms. The molecule has 0 bridgehead atoms. The Balaban J connectivity index is 2.19. The van der Waals surface area contributed by atoms with Gasteiger partial charge in [-0.15, -0.1) is 13.2 Å². The van der Waals surface area contributed by atoms with E-state index in [2.05, 4.69) is 13.2 Å². The number of rotatable bonds is 6. The summed E-state index contributed by atoms with van der Waals surface area (Å²) < 4.78 is 25.3. The van der Waals surface area contributed by atoms with Crippen LogP contribution in [0.4, 0.5) is 0 Å². The Bertz CT molecular complexity index is 668. The zero-order valence-corrected chi connectivity index (χ0v) is 13.8. The van der Waals surface area contributed by atoms with Crippen molar-refractivity contribution in [1.29, 1.82) is 0 Å². The lowest BCUT2D eigenvalue weighted by Crippen LogP contribution is -2.28. The van der Waals surface area contributed by atoms with Gasteiger partial charge in [0.15, 0.2) is 0 Å². The van der Waals surface area contributed by atoms with Gasteiger partial charge < -0.3 is 10.2 Å². The van der Waals surface area contributed by atoms with Crippen molar-refractivity contribution in [3.8, 4) is 0 Å². The van der Waals surface area contributed by atoms with Crippen LogP contribution in [0.5, 0.6) is 0 Å². The van der Waals surface area contributed by atoms with Crippen LogP contribution in [0.25, 0.3) is 0 Å². The average Bonchev–Trinajstić information content (AvgIpc) is 2.48. The van der Waals surface area contributed by atoms with E-state index in [9.17, 15) is 18.6 Å². The minimum atomic E-state index is -3.64. The first-order valence-electron chi connectivity index (χ1n) is 7.45. The van der Waals surface area contributed by atoms with Crippen LogP contribution in [-0.2, 0) is 9.84 Å². The Morgan fingerprint density at radius 2 is 1.35 bits per heavy atom. The topological polar surface area (TPSA) is 74.6 Å². The van der Waals surface area contributed by atoms with Gasteiger partial charge in [0, 0.05) is 0 Å². The minimum absolute atomic E-state index is 0.163. The van der Waals surface area contributed by atoms with E-state index in [-0.39, 0.29) is 22.7 Å². The lowest BCUT2D eigenvalue weighted by Gasteiger charge is -2.27. The Morgan fingerprint density at radius 1 is 0.957 bits per heavy atom. The van der Waals surface area contributed by atoms with E-state index < -0.39 is 21.0 Å². The van der Waals surface area contributed by atoms with Gasteiger partial charge in [0.05, 0.1) is 21.0 Å². The highest BCUT2D eigenvalue weighted by Crippen LogP contribution is 2.33. The quantitative estimate of drug-likeness (QED) is 0.733. The van der Waals surface area contributed by atoms with Gasteiger partial charge >= 0.3 is 0 Å². The first kappa shape index (κ1) is 17.7. The molecule has 2 aliphatic carbocycles. The molecule has 2 rings (SSSR count). The fourth-order valence-corrected chi connectivity index (χ4v) is 4.01. The number of sulfone groups is 1. The third-order valence-corrected chi connectivity index (χ3v) is 5.89. The van der Waals surface area contributed by atoms with Crippen LogP contribution in [0.15, 0.2) is 71.6 Å². The third kappa shape index (κ3) is 3.80. The van der Waals surface area contributed by atoms with Gasteiger partial charge in [-0.05, 0) is 37.8 Å². The second-order valence-corrected chi connectivity index (χ2v) is 7.93. The lowest BCUT2D eigenvalue weighted by molar-refractivity contribution is 0.0959. The van der Waals surface area contributed by atoms with Crippen molar-refractivity contribution in [2.75, 3.05) is 0 Å². The molecule has 0 amide bonds. The van der Waals surface area contributed by atoms with E-state index in [1.165, 1.54) is 36.5 Å². The van der Waals surface area contributed by atoms with Crippen molar-refractivity contribution < 1.29 is 18.6 Å². The molecular formula is C18H22O4S. The highest BCUT2D eigenvalue weighted by atomic mass is 32.2. The Labute approximate surface area is 137 Å². The molecule has 0 aromatic heterocycles. The predicted molar refractivity (Wildman–Crippen MR) is 92.1 cm³/mol. The molecule has 0 heterocycles. The summed E-state index contributed by atoms with van der Waals surface area (Å²) in [6.45, 7) is 7.18. The van der Waals surface area contributed by atoms with Crippen LogP contribution in [-0.4, -0.2) is 29.8 Å². The van der Waals surface area contributed by atoms with Gasteiger partial charge in [-0.2, -0.15) is 0 Å². The molecule has 0 spiro atoms. The van der Waals surface area contributed by atoms with Crippen molar-refractivity contribution in [2.45, 2.75) is 36.9 Å². The molecule has 0 fully saturated rings. The predicted octanol–water partition coefficient (Wildman–Crippen LogP) is 2.70. The average molecular weight is 334 g/mol. The van der Waals surface area contributed by atoms with Gasteiger partial charge in [0.2, 0.25) is 9.84 Å². The van der Waals surface area contributed by atoms with Crippen molar-refractivity contribution in [1.82, 2.24) is 0 Å². The highest BCUT2D eigenvalue weighted by Gasteiger charge is 2.31. The highest BCUT2D eigenvalue weighted by molar-refractivity contribution is 7.99. The fraction of sp³-hybridized carbons (Fsp3) is 0.333. The Morgan fingerprint density at radius 3 is 1.61 bits per heavy atom. The van der Waals surface area contributed by atoms with E-state index in [1.807, 2.05) is 0 Å². The van der Waals surface area contributed by atoms with Gasteiger partial charge in [0.25, 0.3) is 0 Å². The maximum atomic E-state index is 12.6. The molecule has 0 saturated carbocycles.